The van der Waals surface area contributed by atoms with Gasteiger partial charge in [0, 0.05) is 6.54 Å². The molecule has 0 amide bonds. The van der Waals surface area contributed by atoms with Crippen LogP contribution in [-0.4, -0.2) is 46.6 Å². The summed E-state index contributed by atoms with van der Waals surface area (Å²) in [5, 5.41) is 20.8. The lowest BCUT2D eigenvalue weighted by molar-refractivity contribution is -0.103. The van der Waals surface area contributed by atoms with E-state index in [1.54, 1.807) is 0 Å². The fourth-order valence-corrected chi connectivity index (χ4v) is 7.70. The zero-order valence-electron chi connectivity index (χ0n) is 32.3. The Morgan fingerprint density at radius 2 is 0.918 bits per heavy atom. The molecule has 0 rings (SSSR count). The Morgan fingerprint density at radius 3 is 1.24 bits per heavy atom. The van der Waals surface area contributed by atoms with Crippen LogP contribution in [0.4, 0.5) is 0 Å². The second-order valence-electron chi connectivity index (χ2n) is 14.3. The van der Waals surface area contributed by atoms with Crippen LogP contribution in [0.25, 0.3) is 0 Å². The number of unbranched alkanes of at least 4 members (excludes halogenated alkanes) is 24. The van der Waals surface area contributed by atoms with Crippen LogP contribution in [0.2, 0.25) is 0 Å². The minimum atomic E-state index is -4.44. The standard InChI is InChI=1S/C41H82NO6P/c1-3-5-7-9-11-13-15-17-19-21-23-25-27-29-31-33-35-41(40(44)39-43,48-49(45,46)47-38-37-42)36-34-32-30-28-26-24-22-20-18-16-14-12-10-8-6-4-2/h17-20,40,43-44H,3-16,21-39,42H2,1-2H3,(H,45,46)/t40-,41?/m0/s1. The first-order valence-corrected chi connectivity index (χ1v) is 22.3. The van der Waals surface area contributed by atoms with Crippen molar-refractivity contribution in [2.24, 2.45) is 5.73 Å². The first-order chi connectivity index (χ1) is 23.9. The Labute approximate surface area is 303 Å². The van der Waals surface area contributed by atoms with Gasteiger partial charge in [0.15, 0.2) is 0 Å². The molecule has 0 aromatic heterocycles. The van der Waals surface area contributed by atoms with Gasteiger partial charge in [-0.15, -0.1) is 0 Å². The number of hydrogen-bond donors (Lipinski definition) is 4. The molecule has 0 bridgehead atoms. The zero-order chi connectivity index (χ0) is 36.2. The van der Waals surface area contributed by atoms with Crippen molar-refractivity contribution in [3.8, 4) is 0 Å². The highest BCUT2D eigenvalue weighted by Crippen LogP contribution is 2.51. The second-order valence-corrected chi connectivity index (χ2v) is 15.7. The van der Waals surface area contributed by atoms with Gasteiger partial charge in [-0.25, -0.2) is 4.57 Å². The number of allylic oxidation sites excluding steroid dienone is 4. The second kappa shape index (κ2) is 35.9. The third kappa shape index (κ3) is 30.8. The van der Waals surface area contributed by atoms with Gasteiger partial charge in [-0.2, -0.15) is 0 Å². The molecule has 49 heavy (non-hydrogen) atoms. The van der Waals surface area contributed by atoms with Crippen molar-refractivity contribution < 1.29 is 28.7 Å². The van der Waals surface area contributed by atoms with E-state index in [0.29, 0.717) is 12.8 Å². The molecular formula is C41H82NO6P. The Hall–Kier alpha value is -0.530. The van der Waals surface area contributed by atoms with Gasteiger partial charge in [-0.3, -0.25) is 9.05 Å². The first-order valence-electron chi connectivity index (χ1n) is 20.8. The molecule has 0 fully saturated rings. The molecule has 8 heteroatoms. The summed E-state index contributed by atoms with van der Waals surface area (Å²) in [6.07, 6.45) is 42.3. The maximum atomic E-state index is 12.8. The number of aliphatic hydroxyl groups excluding tert-OH is 2. The van der Waals surface area contributed by atoms with E-state index >= 15 is 0 Å². The number of phosphoric acid groups is 1. The Kier molecular flexibility index (Phi) is 35.5. The first kappa shape index (κ1) is 48.5. The topological polar surface area (TPSA) is 122 Å². The maximum Gasteiger partial charge on any atom is 0.472 e. The summed E-state index contributed by atoms with van der Waals surface area (Å²) in [5.41, 5.74) is 4.16. The molecule has 0 radical (unpaired) electrons. The van der Waals surface area contributed by atoms with Crippen LogP contribution >= 0.6 is 7.82 Å². The molecular weight excluding hydrogens is 633 g/mol. The zero-order valence-corrected chi connectivity index (χ0v) is 33.2. The largest absolute Gasteiger partial charge is 0.472 e. The van der Waals surface area contributed by atoms with Crippen LogP contribution in [0.15, 0.2) is 24.3 Å². The fourth-order valence-electron chi connectivity index (χ4n) is 6.54. The number of rotatable bonds is 39. The quantitative estimate of drug-likeness (QED) is 0.0284. The molecule has 292 valence electrons. The Bertz CT molecular complexity index is 750. The summed E-state index contributed by atoms with van der Waals surface area (Å²) in [7, 11) is -4.44. The predicted octanol–water partition coefficient (Wildman–Crippen LogP) is 12.0. The Balaban J connectivity index is 4.48. The minimum absolute atomic E-state index is 0.0906. The summed E-state index contributed by atoms with van der Waals surface area (Å²) < 4.78 is 23.6. The molecule has 0 saturated carbocycles. The van der Waals surface area contributed by atoms with E-state index in [-0.39, 0.29) is 13.2 Å². The van der Waals surface area contributed by atoms with Crippen molar-refractivity contribution in [2.75, 3.05) is 19.8 Å². The lowest BCUT2D eigenvalue weighted by atomic mass is 9.85. The lowest BCUT2D eigenvalue weighted by Crippen LogP contribution is -2.46. The molecule has 2 atom stereocenters. The van der Waals surface area contributed by atoms with E-state index in [9.17, 15) is 19.7 Å². The van der Waals surface area contributed by atoms with Crippen molar-refractivity contribution in [2.45, 2.75) is 218 Å². The van der Waals surface area contributed by atoms with Crippen molar-refractivity contribution in [3.05, 3.63) is 24.3 Å². The van der Waals surface area contributed by atoms with Crippen molar-refractivity contribution >= 4 is 7.82 Å². The van der Waals surface area contributed by atoms with Gasteiger partial charge in [0.1, 0.15) is 11.7 Å². The number of aliphatic hydroxyl groups is 2. The number of hydrogen-bond acceptors (Lipinski definition) is 6. The fraction of sp³-hybridized carbons (Fsp3) is 0.902. The van der Waals surface area contributed by atoms with Gasteiger partial charge < -0.3 is 20.8 Å². The van der Waals surface area contributed by atoms with Gasteiger partial charge in [-0.1, -0.05) is 167 Å². The van der Waals surface area contributed by atoms with Gasteiger partial charge >= 0.3 is 7.82 Å². The highest BCUT2D eigenvalue weighted by molar-refractivity contribution is 7.47. The van der Waals surface area contributed by atoms with Crippen LogP contribution < -0.4 is 5.73 Å². The summed E-state index contributed by atoms with van der Waals surface area (Å²) in [4.78, 5) is 10.4. The molecule has 0 spiro atoms. The maximum absolute atomic E-state index is 12.8. The molecule has 0 aliphatic carbocycles. The molecule has 0 saturated heterocycles. The molecule has 0 heterocycles. The predicted molar refractivity (Wildman–Crippen MR) is 210 cm³/mol. The van der Waals surface area contributed by atoms with E-state index < -0.39 is 26.1 Å². The Morgan fingerprint density at radius 1 is 0.592 bits per heavy atom. The third-order valence-electron chi connectivity index (χ3n) is 9.67. The smallest absolute Gasteiger partial charge is 0.394 e. The molecule has 0 aliphatic heterocycles. The third-order valence-corrected chi connectivity index (χ3v) is 10.8. The molecule has 5 N–H and O–H groups in total. The lowest BCUT2D eigenvalue weighted by Gasteiger charge is -2.38. The minimum Gasteiger partial charge on any atom is -0.394 e. The normalized spacial score (nSPS) is 15.3. The average molecular weight is 716 g/mol. The number of phosphoric ester groups is 1. The SMILES string of the molecule is CCCCCCCCC=CCCCCCCCCC(CCCCCCCCC=CCCCCCCCC)(OP(=O)(O)OCCN)[C@@H](O)CO. The van der Waals surface area contributed by atoms with Crippen LogP contribution in [0.1, 0.15) is 206 Å². The van der Waals surface area contributed by atoms with Crippen LogP contribution in [0, 0.1) is 0 Å². The summed E-state index contributed by atoms with van der Waals surface area (Å²) in [5.74, 6) is 0. The monoisotopic (exact) mass is 716 g/mol. The molecule has 0 aliphatic rings. The summed E-state index contributed by atoms with van der Waals surface area (Å²) in [6.45, 7) is 3.97. The van der Waals surface area contributed by atoms with E-state index in [1.807, 2.05) is 0 Å². The van der Waals surface area contributed by atoms with Crippen molar-refractivity contribution in [1.82, 2.24) is 0 Å². The number of nitrogens with two attached hydrogens (primary N) is 1. The summed E-state index contributed by atoms with van der Waals surface area (Å²) in [6, 6.07) is 0. The van der Waals surface area contributed by atoms with Crippen molar-refractivity contribution in [1.29, 1.82) is 0 Å². The molecule has 0 aromatic rings. The van der Waals surface area contributed by atoms with Crippen molar-refractivity contribution in [3.63, 3.8) is 0 Å². The van der Waals surface area contributed by atoms with E-state index in [2.05, 4.69) is 38.2 Å². The molecule has 0 aromatic carbocycles. The highest BCUT2D eigenvalue weighted by Gasteiger charge is 2.44. The van der Waals surface area contributed by atoms with Gasteiger partial charge in [0.25, 0.3) is 0 Å². The average Bonchev–Trinajstić information content (AvgIpc) is 3.09. The van der Waals surface area contributed by atoms with Crippen LogP contribution in [-0.2, 0) is 13.6 Å². The van der Waals surface area contributed by atoms with E-state index in [4.69, 9.17) is 14.8 Å². The van der Waals surface area contributed by atoms with Gasteiger partial charge in [-0.05, 0) is 64.2 Å². The van der Waals surface area contributed by atoms with Crippen LogP contribution in [0.5, 0.6) is 0 Å². The van der Waals surface area contributed by atoms with Gasteiger partial charge in [0.2, 0.25) is 0 Å². The van der Waals surface area contributed by atoms with E-state index in [0.717, 1.165) is 64.2 Å². The van der Waals surface area contributed by atoms with Gasteiger partial charge in [0.05, 0.1) is 13.2 Å². The highest BCUT2D eigenvalue weighted by atomic mass is 31.2. The molecule has 7 nitrogen and oxygen atoms in total. The van der Waals surface area contributed by atoms with Crippen LogP contribution in [0.3, 0.4) is 0 Å². The van der Waals surface area contributed by atoms with E-state index in [1.165, 1.54) is 116 Å². The summed E-state index contributed by atoms with van der Waals surface area (Å²) >= 11 is 0. The molecule has 1 unspecified atom stereocenters.